The van der Waals surface area contributed by atoms with Crippen LogP contribution in [0.5, 0.6) is 0 Å². The van der Waals surface area contributed by atoms with Crippen molar-refractivity contribution in [3.63, 3.8) is 0 Å². The van der Waals surface area contributed by atoms with E-state index in [2.05, 4.69) is 31.2 Å². The van der Waals surface area contributed by atoms with E-state index in [0.717, 1.165) is 15.9 Å². The maximum absolute atomic E-state index is 6.29. The first kappa shape index (κ1) is 12.3. The van der Waals surface area contributed by atoms with Gasteiger partial charge in [0.05, 0.1) is 9.85 Å². The molecule has 0 bridgehead atoms. The van der Waals surface area contributed by atoms with Crippen molar-refractivity contribution < 1.29 is 0 Å². The molecule has 0 aliphatic heterocycles. The maximum atomic E-state index is 6.29. The Morgan fingerprint density at radius 2 is 2.06 bits per heavy atom. The molecule has 1 heterocycles. The second-order valence-corrected chi connectivity index (χ2v) is 4.86. The van der Waals surface area contributed by atoms with Crippen molar-refractivity contribution >= 4 is 33.3 Å². The summed E-state index contributed by atoms with van der Waals surface area (Å²) in [4.78, 5) is 8.02. The zero-order valence-corrected chi connectivity index (χ0v) is 11.3. The molecule has 1 atom stereocenters. The van der Waals surface area contributed by atoms with E-state index >= 15 is 0 Å². The second kappa shape index (κ2) is 5.98. The molecule has 0 aliphatic carbocycles. The molecule has 3 nitrogen and oxygen atoms in total. The number of anilines is 1. The summed E-state index contributed by atoms with van der Waals surface area (Å²) < 4.78 is 0.830. The summed E-state index contributed by atoms with van der Waals surface area (Å²) in [5, 5.41) is 3.10. The molecule has 0 radical (unpaired) electrons. The van der Waals surface area contributed by atoms with Crippen LogP contribution in [0.1, 0.15) is 10.9 Å². The van der Waals surface area contributed by atoms with E-state index in [1.165, 1.54) is 6.33 Å². The Balaban J connectivity index is 1.97. The topological polar surface area (TPSA) is 37.8 Å². The van der Waals surface area contributed by atoms with Gasteiger partial charge in [-0.1, -0.05) is 30.3 Å². The van der Waals surface area contributed by atoms with E-state index in [-0.39, 0.29) is 5.38 Å². The minimum absolute atomic E-state index is 0.0851. The summed E-state index contributed by atoms with van der Waals surface area (Å²) in [6.45, 7) is 0.612. The fraction of sp³-hybridized carbons (Fsp3) is 0.167. The average molecular weight is 313 g/mol. The summed E-state index contributed by atoms with van der Waals surface area (Å²) in [5.74, 6) is 0.751. The van der Waals surface area contributed by atoms with Crippen molar-refractivity contribution in [2.75, 3.05) is 11.9 Å². The third kappa shape index (κ3) is 3.41. The molecule has 1 aromatic heterocycles. The Kier molecular flexibility index (Phi) is 4.34. The van der Waals surface area contributed by atoms with E-state index in [9.17, 15) is 0 Å². The van der Waals surface area contributed by atoms with Crippen molar-refractivity contribution in [3.8, 4) is 0 Å². The Bertz CT molecular complexity index is 478. The predicted octanol–water partition coefficient (Wildman–Crippen LogP) is 3.63. The number of nitrogens with one attached hydrogen (secondary N) is 1. The highest BCUT2D eigenvalue weighted by atomic mass is 79.9. The molecule has 0 saturated heterocycles. The second-order valence-electron chi connectivity index (χ2n) is 3.48. The van der Waals surface area contributed by atoms with Gasteiger partial charge >= 0.3 is 0 Å². The summed E-state index contributed by atoms with van der Waals surface area (Å²) in [5.41, 5.74) is 1.09. The SMILES string of the molecule is ClC(CNc1ncncc1Br)c1ccccc1. The molecule has 2 aromatic rings. The molecule has 1 N–H and O–H groups in total. The minimum Gasteiger partial charge on any atom is -0.367 e. The number of alkyl halides is 1. The van der Waals surface area contributed by atoms with Crippen LogP contribution in [-0.2, 0) is 0 Å². The van der Waals surface area contributed by atoms with Gasteiger partial charge in [0.2, 0.25) is 0 Å². The number of benzene rings is 1. The molecule has 17 heavy (non-hydrogen) atoms. The zero-order valence-electron chi connectivity index (χ0n) is 8.98. The summed E-state index contributed by atoms with van der Waals surface area (Å²) in [6, 6.07) is 9.95. The Labute approximate surface area is 113 Å². The van der Waals surface area contributed by atoms with Crippen LogP contribution in [0.15, 0.2) is 47.3 Å². The van der Waals surface area contributed by atoms with Crippen LogP contribution < -0.4 is 5.32 Å². The summed E-state index contributed by atoms with van der Waals surface area (Å²) in [7, 11) is 0. The van der Waals surface area contributed by atoms with Gasteiger partial charge in [0.15, 0.2) is 0 Å². The highest BCUT2D eigenvalue weighted by Crippen LogP contribution is 2.22. The molecule has 88 valence electrons. The minimum atomic E-state index is -0.0851. The Morgan fingerprint density at radius 3 is 2.76 bits per heavy atom. The first-order valence-corrected chi connectivity index (χ1v) is 6.38. The number of hydrogen-bond acceptors (Lipinski definition) is 3. The molecular formula is C12H11BrClN3. The molecule has 2 rings (SSSR count). The predicted molar refractivity (Wildman–Crippen MR) is 73.3 cm³/mol. The number of halogens is 2. The van der Waals surface area contributed by atoms with Crippen LogP contribution in [0.4, 0.5) is 5.82 Å². The smallest absolute Gasteiger partial charge is 0.143 e. The van der Waals surface area contributed by atoms with Gasteiger partial charge in [0, 0.05) is 12.7 Å². The fourth-order valence-corrected chi connectivity index (χ4v) is 1.99. The lowest BCUT2D eigenvalue weighted by molar-refractivity contribution is 0.960. The molecule has 0 amide bonds. The van der Waals surface area contributed by atoms with E-state index in [0.29, 0.717) is 6.54 Å². The van der Waals surface area contributed by atoms with Crippen LogP contribution >= 0.6 is 27.5 Å². The monoisotopic (exact) mass is 311 g/mol. The van der Waals surface area contributed by atoms with Gasteiger partial charge in [-0.3, -0.25) is 0 Å². The number of aromatic nitrogens is 2. The Hall–Kier alpha value is -1.13. The molecule has 5 heteroatoms. The summed E-state index contributed by atoms with van der Waals surface area (Å²) >= 11 is 9.66. The van der Waals surface area contributed by atoms with Crippen molar-refractivity contribution in [2.45, 2.75) is 5.38 Å². The van der Waals surface area contributed by atoms with E-state index < -0.39 is 0 Å². The number of rotatable bonds is 4. The van der Waals surface area contributed by atoms with Crippen LogP contribution in [0.2, 0.25) is 0 Å². The molecule has 0 spiro atoms. The van der Waals surface area contributed by atoms with Gasteiger partial charge in [0.25, 0.3) is 0 Å². The summed E-state index contributed by atoms with van der Waals surface area (Å²) in [6.07, 6.45) is 3.19. The number of hydrogen-bond donors (Lipinski definition) is 1. The lowest BCUT2D eigenvalue weighted by Gasteiger charge is -2.12. The van der Waals surface area contributed by atoms with Gasteiger partial charge in [0.1, 0.15) is 12.1 Å². The lowest BCUT2D eigenvalue weighted by Crippen LogP contribution is -2.09. The fourth-order valence-electron chi connectivity index (χ4n) is 1.41. The van der Waals surface area contributed by atoms with E-state index in [1.54, 1.807) is 6.20 Å². The Morgan fingerprint density at radius 1 is 1.29 bits per heavy atom. The van der Waals surface area contributed by atoms with Crippen molar-refractivity contribution in [2.24, 2.45) is 0 Å². The van der Waals surface area contributed by atoms with Crippen molar-refractivity contribution in [1.82, 2.24) is 9.97 Å². The first-order valence-electron chi connectivity index (χ1n) is 5.16. The van der Waals surface area contributed by atoms with Crippen molar-refractivity contribution in [1.29, 1.82) is 0 Å². The largest absolute Gasteiger partial charge is 0.367 e. The number of nitrogens with zero attached hydrogens (tertiary/aromatic N) is 2. The zero-order chi connectivity index (χ0) is 12.1. The van der Waals surface area contributed by atoms with Gasteiger partial charge < -0.3 is 5.32 Å². The van der Waals surface area contributed by atoms with Gasteiger partial charge in [-0.15, -0.1) is 11.6 Å². The molecule has 0 saturated carbocycles. The van der Waals surface area contributed by atoms with Crippen molar-refractivity contribution in [3.05, 3.63) is 52.9 Å². The van der Waals surface area contributed by atoms with E-state index in [1.807, 2.05) is 30.3 Å². The highest BCUT2D eigenvalue weighted by molar-refractivity contribution is 9.10. The standard InChI is InChI=1S/C12H11BrClN3/c13-10-6-15-8-17-12(10)16-7-11(14)9-4-2-1-3-5-9/h1-6,8,11H,7H2,(H,15,16,17). The van der Waals surface area contributed by atoms with Gasteiger partial charge in [-0.25, -0.2) is 9.97 Å². The molecule has 0 fully saturated rings. The van der Waals surface area contributed by atoms with Crippen LogP contribution in [0, 0.1) is 0 Å². The van der Waals surface area contributed by atoms with Gasteiger partial charge in [-0.2, -0.15) is 0 Å². The molecule has 1 aromatic carbocycles. The third-order valence-corrected chi connectivity index (χ3v) is 3.26. The van der Waals surface area contributed by atoms with Gasteiger partial charge in [-0.05, 0) is 21.5 Å². The first-order chi connectivity index (χ1) is 8.27. The third-order valence-electron chi connectivity index (χ3n) is 2.28. The molecule has 0 aliphatic rings. The van der Waals surface area contributed by atoms with Crippen LogP contribution in [0.3, 0.4) is 0 Å². The van der Waals surface area contributed by atoms with Crippen LogP contribution in [-0.4, -0.2) is 16.5 Å². The quantitative estimate of drug-likeness (QED) is 0.876. The lowest BCUT2D eigenvalue weighted by atomic mass is 10.1. The average Bonchev–Trinajstić information content (AvgIpc) is 2.38. The van der Waals surface area contributed by atoms with E-state index in [4.69, 9.17) is 11.6 Å². The normalized spacial score (nSPS) is 12.1. The molecular weight excluding hydrogens is 302 g/mol. The van der Waals surface area contributed by atoms with Crippen LogP contribution in [0.25, 0.3) is 0 Å². The molecule has 1 unspecified atom stereocenters. The highest BCUT2D eigenvalue weighted by Gasteiger charge is 2.08. The maximum Gasteiger partial charge on any atom is 0.143 e.